The zero-order chi connectivity index (χ0) is 9.42. The van der Waals surface area contributed by atoms with E-state index in [4.69, 9.17) is 0 Å². The third-order valence-corrected chi connectivity index (χ3v) is 2.24. The van der Waals surface area contributed by atoms with Crippen molar-refractivity contribution in [2.24, 2.45) is 0 Å². The van der Waals surface area contributed by atoms with Crippen molar-refractivity contribution in [3.05, 3.63) is 11.8 Å². The predicted molar refractivity (Wildman–Crippen MR) is 49.6 cm³/mol. The van der Waals surface area contributed by atoms with Gasteiger partial charge < -0.3 is 5.32 Å². The molecule has 1 aliphatic rings. The van der Waals surface area contributed by atoms with E-state index >= 15 is 0 Å². The molecule has 0 saturated carbocycles. The first-order valence-corrected chi connectivity index (χ1v) is 4.54. The van der Waals surface area contributed by atoms with Gasteiger partial charge in [0.2, 0.25) is 5.91 Å². The first-order valence-electron chi connectivity index (χ1n) is 4.54. The Hall–Kier alpha value is -1.32. The van der Waals surface area contributed by atoms with E-state index in [1.807, 2.05) is 24.7 Å². The normalized spacial score (nSPS) is 15.8. The number of aryl methyl sites for hydroxylation is 1. The molecule has 1 N–H and O–H groups in total. The Bertz CT molecular complexity index is 341. The second-order valence-electron chi connectivity index (χ2n) is 3.60. The fourth-order valence-corrected chi connectivity index (χ4v) is 1.55. The molecule has 0 atom stereocenters. The highest BCUT2D eigenvalue weighted by molar-refractivity contribution is 5.92. The van der Waals surface area contributed by atoms with Crippen molar-refractivity contribution in [2.45, 2.75) is 32.7 Å². The fraction of sp³-hybridized carbons (Fsp3) is 0.556. The first kappa shape index (κ1) is 8.29. The molecule has 13 heavy (non-hydrogen) atoms. The van der Waals surface area contributed by atoms with Gasteiger partial charge in [0, 0.05) is 18.0 Å². The van der Waals surface area contributed by atoms with E-state index in [1.54, 1.807) is 0 Å². The standard InChI is InChI=1S/C9H13N3O/c1-6(2)12-9-7(5-10-12)3-4-8(13)11-9/h5-6H,3-4H2,1-2H3,(H,11,13). The summed E-state index contributed by atoms with van der Waals surface area (Å²) >= 11 is 0. The fourth-order valence-electron chi connectivity index (χ4n) is 1.55. The molecule has 0 aliphatic carbocycles. The highest BCUT2D eigenvalue weighted by atomic mass is 16.1. The van der Waals surface area contributed by atoms with Gasteiger partial charge in [0.25, 0.3) is 0 Å². The number of fused-ring (bicyclic) bond motifs is 1. The maximum Gasteiger partial charge on any atom is 0.225 e. The van der Waals surface area contributed by atoms with Crippen LogP contribution in [0.2, 0.25) is 0 Å². The lowest BCUT2D eigenvalue weighted by atomic mass is 10.1. The van der Waals surface area contributed by atoms with Crippen LogP contribution in [-0.4, -0.2) is 15.7 Å². The molecule has 1 aliphatic heterocycles. The number of anilines is 1. The van der Waals surface area contributed by atoms with Crippen LogP contribution in [-0.2, 0) is 11.2 Å². The summed E-state index contributed by atoms with van der Waals surface area (Å²) in [5, 5.41) is 7.09. The molecule has 0 fully saturated rings. The predicted octanol–water partition coefficient (Wildman–Crippen LogP) is 1.35. The summed E-state index contributed by atoms with van der Waals surface area (Å²) in [6.45, 7) is 4.10. The van der Waals surface area contributed by atoms with Crippen LogP contribution in [0.15, 0.2) is 6.20 Å². The molecule has 0 spiro atoms. The molecule has 70 valence electrons. The van der Waals surface area contributed by atoms with Crippen LogP contribution in [0, 0.1) is 0 Å². The summed E-state index contributed by atoms with van der Waals surface area (Å²) in [6.07, 6.45) is 3.24. The molecule has 0 bridgehead atoms. The van der Waals surface area contributed by atoms with Gasteiger partial charge in [-0.25, -0.2) is 4.68 Å². The molecule has 4 heteroatoms. The van der Waals surface area contributed by atoms with Crippen molar-refractivity contribution < 1.29 is 4.79 Å². The average molecular weight is 179 g/mol. The Morgan fingerprint density at radius 3 is 3.00 bits per heavy atom. The summed E-state index contributed by atoms with van der Waals surface area (Å²) < 4.78 is 1.85. The van der Waals surface area contributed by atoms with E-state index in [2.05, 4.69) is 10.4 Å². The van der Waals surface area contributed by atoms with Crippen molar-refractivity contribution in [3.8, 4) is 0 Å². The van der Waals surface area contributed by atoms with Gasteiger partial charge in [-0.3, -0.25) is 4.79 Å². The Morgan fingerprint density at radius 1 is 1.54 bits per heavy atom. The summed E-state index contributed by atoms with van der Waals surface area (Å²) in [5.41, 5.74) is 1.15. The summed E-state index contributed by atoms with van der Waals surface area (Å²) in [6, 6.07) is 0.294. The number of carbonyl (C=O) groups excluding carboxylic acids is 1. The minimum Gasteiger partial charge on any atom is -0.311 e. The molecule has 2 rings (SSSR count). The van der Waals surface area contributed by atoms with Gasteiger partial charge in [-0.15, -0.1) is 0 Å². The molecule has 4 nitrogen and oxygen atoms in total. The van der Waals surface area contributed by atoms with Crippen LogP contribution in [0.25, 0.3) is 0 Å². The van der Waals surface area contributed by atoms with E-state index in [0.717, 1.165) is 17.8 Å². The molecular weight excluding hydrogens is 166 g/mol. The minimum atomic E-state index is 0.0925. The van der Waals surface area contributed by atoms with E-state index in [9.17, 15) is 4.79 Å². The smallest absolute Gasteiger partial charge is 0.225 e. The third kappa shape index (κ3) is 1.32. The van der Waals surface area contributed by atoms with Crippen LogP contribution >= 0.6 is 0 Å². The van der Waals surface area contributed by atoms with Crippen molar-refractivity contribution in [2.75, 3.05) is 5.32 Å². The number of carbonyl (C=O) groups is 1. The molecule has 2 heterocycles. The highest BCUT2D eigenvalue weighted by Gasteiger charge is 2.20. The second-order valence-corrected chi connectivity index (χ2v) is 3.60. The molecule has 0 radical (unpaired) electrons. The molecule has 0 saturated heterocycles. The van der Waals surface area contributed by atoms with Gasteiger partial charge in [-0.2, -0.15) is 5.10 Å². The van der Waals surface area contributed by atoms with Gasteiger partial charge in [-0.05, 0) is 20.3 Å². The number of nitrogens with zero attached hydrogens (tertiary/aromatic N) is 2. The number of amides is 1. The van der Waals surface area contributed by atoms with Crippen LogP contribution in [0.1, 0.15) is 31.9 Å². The second kappa shape index (κ2) is 2.87. The minimum absolute atomic E-state index is 0.0925. The largest absolute Gasteiger partial charge is 0.311 e. The van der Waals surface area contributed by atoms with E-state index < -0.39 is 0 Å². The van der Waals surface area contributed by atoms with Gasteiger partial charge in [0.15, 0.2) is 0 Å². The lowest BCUT2D eigenvalue weighted by Crippen LogP contribution is -2.21. The number of nitrogens with one attached hydrogen (secondary N) is 1. The quantitative estimate of drug-likeness (QED) is 0.707. The Kier molecular flexibility index (Phi) is 1.83. The Morgan fingerprint density at radius 2 is 2.31 bits per heavy atom. The molecule has 0 unspecified atom stereocenters. The Balaban J connectivity index is 2.41. The van der Waals surface area contributed by atoms with Gasteiger partial charge in [0.1, 0.15) is 5.82 Å². The average Bonchev–Trinajstić information content (AvgIpc) is 2.46. The highest BCUT2D eigenvalue weighted by Crippen LogP contribution is 2.24. The van der Waals surface area contributed by atoms with Crippen molar-refractivity contribution in [3.63, 3.8) is 0 Å². The van der Waals surface area contributed by atoms with E-state index in [0.29, 0.717) is 12.5 Å². The number of hydrogen-bond donors (Lipinski definition) is 1. The number of hydrogen-bond acceptors (Lipinski definition) is 2. The van der Waals surface area contributed by atoms with Gasteiger partial charge >= 0.3 is 0 Å². The topological polar surface area (TPSA) is 46.9 Å². The summed E-state index contributed by atoms with van der Waals surface area (Å²) in [5.74, 6) is 0.973. The summed E-state index contributed by atoms with van der Waals surface area (Å²) in [4.78, 5) is 11.1. The van der Waals surface area contributed by atoms with Crippen LogP contribution < -0.4 is 5.32 Å². The molecular formula is C9H13N3O. The van der Waals surface area contributed by atoms with Crippen LogP contribution in [0.3, 0.4) is 0 Å². The van der Waals surface area contributed by atoms with Crippen LogP contribution in [0.5, 0.6) is 0 Å². The van der Waals surface area contributed by atoms with Crippen molar-refractivity contribution >= 4 is 11.7 Å². The Labute approximate surface area is 76.9 Å². The molecule has 1 aromatic rings. The molecule has 1 amide bonds. The van der Waals surface area contributed by atoms with Gasteiger partial charge in [-0.1, -0.05) is 0 Å². The maximum atomic E-state index is 11.1. The first-order chi connectivity index (χ1) is 6.18. The molecule has 1 aromatic heterocycles. The number of rotatable bonds is 1. The SMILES string of the molecule is CC(C)n1ncc2c1NC(=O)CC2. The van der Waals surface area contributed by atoms with Crippen molar-refractivity contribution in [1.82, 2.24) is 9.78 Å². The van der Waals surface area contributed by atoms with E-state index in [1.165, 1.54) is 0 Å². The van der Waals surface area contributed by atoms with Gasteiger partial charge in [0.05, 0.1) is 6.20 Å². The van der Waals surface area contributed by atoms with Crippen LogP contribution in [0.4, 0.5) is 5.82 Å². The van der Waals surface area contributed by atoms with Crippen molar-refractivity contribution in [1.29, 1.82) is 0 Å². The third-order valence-electron chi connectivity index (χ3n) is 2.24. The van der Waals surface area contributed by atoms with E-state index in [-0.39, 0.29) is 5.91 Å². The monoisotopic (exact) mass is 179 g/mol. The zero-order valence-electron chi connectivity index (χ0n) is 7.87. The summed E-state index contributed by atoms with van der Waals surface area (Å²) in [7, 11) is 0. The zero-order valence-corrected chi connectivity index (χ0v) is 7.87. The molecule has 0 aromatic carbocycles. The lowest BCUT2D eigenvalue weighted by molar-refractivity contribution is -0.116. The maximum absolute atomic E-state index is 11.1. The lowest BCUT2D eigenvalue weighted by Gasteiger charge is -2.16. The number of aromatic nitrogens is 2.